The number of anilines is 1. The van der Waals surface area contributed by atoms with Crippen LogP contribution in [0.25, 0.3) is 0 Å². The van der Waals surface area contributed by atoms with E-state index in [0.717, 1.165) is 0 Å². The molecule has 0 aliphatic carbocycles. The summed E-state index contributed by atoms with van der Waals surface area (Å²) < 4.78 is 37.2. The maximum absolute atomic E-state index is 12.4. The van der Waals surface area contributed by atoms with Crippen molar-refractivity contribution in [2.75, 3.05) is 5.43 Å². The summed E-state index contributed by atoms with van der Waals surface area (Å²) in [5.41, 5.74) is 0.500. The summed E-state index contributed by atoms with van der Waals surface area (Å²) in [6.07, 6.45) is -4.97. The highest BCUT2D eigenvalue weighted by Gasteiger charge is 2.31. The van der Waals surface area contributed by atoms with Gasteiger partial charge in [0.25, 0.3) is 0 Å². The monoisotopic (exact) mass is 339 g/mol. The standard InChI is InChI=1S/C11H9ClF3N3O4/c12-6-3-5(11(13,14)15)4-16-9(6)18-17-7(10(21)22)1-2-8(19)20/h3-4H,1-2H2,(H,16,18)(H,19,20)(H,21,22). The molecule has 0 aromatic carbocycles. The van der Waals surface area contributed by atoms with Gasteiger partial charge < -0.3 is 10.2 Å². The molecule has 1 heterocycles. The first-order valence-corrected chi connectivity index (χ1v) is 5.99. The molecular formula is C11H9ClF3N3O4. The van der Waals surface area contributed by atoms with E-state index < -0.39 is 40.8 Å². The van der Waals surface area contributed by atoms with E-state index >= 15 is 0 Å². The van der Waals surface area contributed by atoms with Crippen LogP contribution in [0.4, 0.5) is 19.0 Å². The highest BCUT2D eigenvalue weighted by molar-refractivity contribution is 6.36. The number of nitrogens with zero attached hydrogens (tertiary/aromatic N) is 2. The predicted molar refractivity (Wildman–Crippen MR) is 69.8 cm³/mol. The summed E-state index contributed by atoms with van der Waals surface area (Å²) in [5, 5.41) is 20.3. The lowest BCUT2D eigenvalue weighted by Gasteiger charge is -2.09. The molecule has 0 fully saturated rings. The first-order chi connectivity index (χ1) is 10.1. The van der Waals surface area contributed by atoms with Crippen molar-refractivity contribution >= 4 is 35.1 Å². The van der Waals surface area contributed by atoms with E-state index in [4.69, 9.17) is 21.8 Å². The summed E-state index contributed by atoms with van der Waals surface area (Å²) in [7, 11) is 0. The molecule has 0 unspecified atom stereocenters. The van der Waals surface area contributed by atoms with Crippen molar-refractivity contribution in [1.29, 1.82) is 0 Å². The molecule has 0 bridgehead atoms. The van der Waals surface area contributed by atoms with Crippen LogP contribution in [-0.4, -0.2) is 32.8 Å². The summed E-state index contributed by atoms with van der Waals surface area (Å²) in [6.45, 7) is 0. The lowest BCUT2D eigenvalue weighted by molar-refractivity contribution is -0.138. The Balaban J connectivity index is 2.91. The molecule has 0 radical (unpaired) electrons. The third-order valence-electron chi connectivity index (χ3n) is 2.29. The largest absolute Gasteiger partial charge is 0.481 e. The summed E-state index contributed by atoms with van der Waals surface area (Å²) in [4.78, 5) is 24.6. The van der Waals surface area contributed by atoms with Crippen LogP contribution in [0.15, 0.2) is 17.4 Å². The Kier molecular flexibility index (Phi) is 5.69. The highest BCUT2D eigenvalue weighted by Crippen LogP contribution is 2.32. The van der Waals surface area contributed by atoms with Crippen LogP contribution >= 0.6 is 11.6 Å². The molecule has 0 aliphatic rings. The molecule has 0 saturated heterocycles. The molecule has 0 spiro atoms. The number of pyridine rings is 1. The van der Waals surface area contributed by atoms with Gasteiger partial charge in [0.05, 0.1) is 17.0 Å². The van der Waals surface area contributed by atoms with E-state index in [1.54, 1.807) is 0 Å². The van der Waals surface area contributed by atoms with Crippen molar-refractivity contribution in [1.82, 2.24) is 4.98 Å². The maximum atomic E-state index is 12.4. The van der Waals surface area contributed by atoms with Crippen LogP contribution in [0.1, 0.15) is 18.4 Å². The van der Waals surface area contributed by atoms with Crippen molar-refractivity contribution in [2.45, 2.75) is 19.0 Å². The van der Waals surface area contributed by atoms with Gasteiger partial charge >= 0.3 is 18.1 Å². The SMILES string of the molecule is O=C(O)CCC(=NNc1ncc(C(F)(F)F)cc1Cl)C(=O)O. The summed E-state index contributed by atoms with van der Waals surface area (Å²) >= 11 is 5.59. The number of alkyl halides is 3. The van der Waals surface area contributed by atoms with Gasteiger partial charge in [0.15, 0.2) is 5.82 Å². The summed E-state index contributed by atoms with van der Waals surface area (Å²) in [6, 6.07) is 0.601. The van der Waals surface area contributed by atoms with Gasteiger partial charge in [-0.15, -0.1) is 0 Å². The van der Waals surface area contributed by atoms with Crippen LogP contribution in [-0.2, 0) is 15.8 Å². The molecule has 22 heavy (non-hydrogen) atoms. The van der Waals surface area contributed by atoms with Crippen LogP contribution in [0, 0.1) is 0 Å². The Morgan fingerprint density at radius 2 is 1.95 bits per heavy atom. The molecule has 0 saturated carbocycles. The number of carboxylic acid groups (broad SMARTS) is 2. The zero-order valence-corrected chi connectivity index (χ0v) is 11.4. The molecule has 11 heteroatoms. The number of halogens is 4. The van der Waals surface area contributed by atoms with E-state index in [0.29, 0.717) is 12.3 Å². The molecule has 7 nitrogen and oxygen atoms in total. The fourth-order valence-corrected chi connectivity index (χ4v) is 1.44. The average molecular weight is 340 g/mol. The second-order valence-corrected chi connectivity index (χ2v) is 4.33. The van der Waals surface area contributed by atoms with Crippen molar-refractivity contribution in [2.24, 2.45) is 5.10 Å². The third-order valence-corrected chi connectivity index (χ3v) is 2.58. The average Bonchev–Trinajstić information content (AvgIpc) is 2.38. The number of aliphatic carboxylic acids is 2. The van der Waals surface area contributed by atoms with Crippen molar-refractivity contribution in [3.63, 3.8) is 0 Å². The molecule has 3 N–H and O–H groups in total. The van der Waals surface area contributed by atoms with E-state index in [-0.39, 0.29) is 12.2 Å². The van der Waals surface area contributed by atoms with Gasteiger partial charge in [0.2, 0.25) is 0 Å². The molecule has 1 rings (SSSR count). The molecule has 120 valence electrons. The van der Waals surface area contributed by atoms with Crippen molar-refractivity contribution < 1.29 is 33.0 Å². The fourth-order valence-electron chi connectivity index (χ4n) is 1.23. The lowest BCUT2D eigenvalue weighted by Crippen LogP contribution is -2.16. The van der Waals surface area contributed by atoms with Crippen molar-refractivity contribution in [3.8, 4) is 0 Å². The van der Waals surface area contributed by atoms with Gasteiger partial charge in [-0.2, -0.15) is 18.3 Å². The van der Waals surface area contributed by atoms with Gasteiger partial charge in [0.1, 0.15) is 5.71 Å². The van der Waals surface area contributed by atoms with E-state index in [1.807, 2.05) is 0 Å². The van der Waals surface area contributed by atoms with E-state index in [9.17, 15) is 22.8 Å². The number of rotatable bonds is 6. The highest BCUT2D eigenvalue weighted by atomic mass is 35.5. The zero-order valence-electron chi connectivity index (χ0n) is 10.7. The predicted octanol–water partition coefficient (Wildman–Crippen LogP) is 2.47. The topological polar surface area (TPSA) is 112 Å². The third kappa shape index (κ3) is 5.20. The molecule has 1 aromatic rings. The van der Waals surface area contributed by atoms with Crippen LogP contribution in [0.5, 0.6) is 0 Å². The van der Waals surface area contributed by atoms with Gasteiger partial charge in [-0.3, -0.25) is 10.2 Å². The normalized spacial score (nSPS) is 12.1. The molecule has 1 aromatic heterocycles. The minimum absolute atomic E-state index is 0.288. The minimum atomic E-state index is -4.62. The van der Waals surface area contributed by atoms with Gasteiger partial charge in [0, 0.05) is 12.6 Å². The number of aromatic nitrogens is 1. The van der Waals surface area contributed by atoms with Crippen LogP contribution in [0.3, 0.4) is 0 Å². The Labute approximate surface area is 126 Å². The number of hydrogen-bond donors (Lipinski definition) is 3. The second-order valence-electron chi connectivity index (χ2n) is 3.92. The number of carbonyl (C=O) groups is 2. The van der Waals surface area contributed by atoms with Crippen molar-refractivity contribution in [3.05, 3.63) is 22.8 Å². The quantitative estimate of drug-likeness (QED) is 0.542. The molecule has 0 aliphatic heterocycles. The second kappa shape index (κ2) is 7.07. The molecular weight excluding hydrogens is 331 g/mol. The van der Waals surface area contributed by atoms with Crippen LogP contribution in [0.2, 0.25) is 5.02 Å². The van der Waals surface area contributed by atoms with E-state index in [2.05, 4.69) is 15.5 Å². The number of carboxylic acids is 2. The fraction of sp³-hybridized carbons (Fsp3) is 0.273. The first-order valence-electron chi connectivity index (χ1n) is 5.61. The number of hydrazone groups is 1. The lowest BCUT2D eigenvalue weighted by atomic mass is 10.2. The zero-order chi connectivity index (χ0) is 16.9. The van der Waals surface area contributed by atoms with Gasteiger partial charge in [-0.05, 0) is 6.07 Å². The number of nitrogens with one attached hydrogen (secondary N) is 1. The molecule has 0 amide bonds. The van der Waals surface area contributed by atoms with Crippen LogP contribution < -0.4 is 5.43 Å². The molecule has 0 atom stereocenters. The smallest absolute Gasteiger partial charge is 0.417 e. The maximum Gasteiger partial charge on any atom is 0.417 e. The Morgan fingerprint density at radius 1 is 1.32 bits per heavy atom. The minimum Gasteiger partial charge on any atom is -0.481 e. The Bertz CT molecular complexity index is 619. The van der Waals surface area contributed by atoms with Gasteiger partial charge in [-0.25, -0.2) is 9.78 Å². The van der Waals surface area contributed by atoms with E-state index in [1.165, 1.54) is 0 Å². The summed E-state index contributed by atoms with van der Waals surface area (Å²) in [5.74, 6) is -2.99. The Morgan fingerprint density at radius 3 is 2.41 bits per heavy atom. The first kappa shape index (κ1) is 17.7. The number of hydrogen-bond acceptors (Lipinski definition) is 5. The van der Waals surface area contributed by atoms with Gasteiger partial charge in [-0.1, -0.05) is 11.6 Å². The Hall–Kier alpha value is -2.36.